The number of fused-ring (bicyclic) bond motifs is 1. The van der Waals surface area contributed by atoms with E-state index >= 15 is 0 Å². The van der Waals surface area contributed by atoms with Crippen molar-refractivity contribution < 1.29 is 18.7 Å². The first-order valence-electron chi connectivity index (χ1n) is 13.3. The molecular weight excluding hydrogens is 464 g/mol. The predicted octanol–water partition coefficient (Wildman–Crippen LogP) is 8.00. The van der Waals surface area contributed by atoms with Gasteiger partial charge in [0.2, 0.25) is 0 Å². The highest BCUT2D eigenvalue weighted by atomic mass is 28.4. The van der Waals surface area contributed by atoms with Crippen molar-refractivity contribution >= 4 is 25.1 Å². The Morgan fingerprint density at radius 3 is 2.36 bits per heavy atom. The van der Waals surface area contributed by atoms with E-state index in [1.54, 1.807) is 14.0 Å². The fourth-order valence-corrected chi connectivity index (χ4v) is 4.91. The average Bonchev–Trinajstić information content (AvgIpc) is 2.84. The summed E-state index contributed by atoms with van der Waals surface area (Å²) < 4.78 is 18.1. The molecule has 0 amide bonds. The molecule has 0 spiro atoms. The Morgan fingerprint density at radius 2 is 1.69 bits per heavy atom. The van der Waals surface area contributed by atoms with Gasteiger partial charge in [-0.15, -0.1) is 0 Å². The van der Waals surface area contributed by atoms with Gasteiger partial charge in [-0.1, -0.05) is 101 Å². The first-order chi connectivity index (χ1) is 17.0. The van der Waals surface area contributed by atoms with Crippen LogP contribution in [0.25, 0.3) is 10.8 Å². The number of carbonyl (C=O) groups excluding carboxylic acids is 1. The van der Waals surface area contributed by atoms with Crippen molar-refractivity contribution in [1.82, 2.24) is 0 Å². The molecule has 0 fully saturated rings. The molecule has 0 unspecified atom stereocenters. The smallest absolute Gasteiger partial charge is 0.344 e. The summed E-state index contributed by atoms with van der Waals surface area (Å²) in [5, 5.41) is 2.21. The minimum atomic E-state index is -1.80. The summed E-state index contributed by atoms with van der Waals surface area (Å²) in [6, 6.07) is 13.9. The quantitative estimate of drug-likeness (QED) is 0.126. The van der Waals surface area contributed by atoms with Crippen molar-refractivity contribution in [2.24, 2.45) is 0 Å². The van der Waals surface area contributed by atoms with E-state index < -0.39 is 26.0 Å². The van der Waals surface area contributed by atoms with Crippen LogP contribution in [0.15, 0.2) is 42.5 Å². The standard InChI is InChI=1S/C31H46O4Si/c1-9-10-11-12-20-26(21-15-16-24-34-36(7,8)30(2,3)4)35-29(32)31(5,33-6)28-23-17-19-25-18-13-14-22-27(25)28/h13-14,17-19,22-23,26H,9-12,16,20,24H2,1-8H3/t26-,31+/m0/s1. The number of carbonyl (C=O) groups is 1. The molecule has 5 heteroatoms. The Balaban J connectivity index is 2.17. The number of unbranched alkanes of at least 4 members (excludes halogenated alkanes) is 3. The van der Waals surface area contributed by atoms with Crippen molar-refractivity contribution in [3.8, 4) is 11.8 Å². The van der Waals surface area contributed by atoms with Crippen LogP contribution >= 0.6 is 0 Å². The Hall–Kier alpha value is -2.13. The SMILES string of the molecule is CCCCCC[C@@H](C#CCCO[Si](C)(C)C(C)(C)C)OC(=O)[C@](C)(OC)c1cccc2ccccc12. The summed E-state index contributed by atoms with van der Waals surface area (Å²) in [5.74, 6) is 6.04. The molecule has 198 valence electrons. The van der Waals surface area contributed by atoms with E-state index in [0.29, 0.717) is 13.0 Å². The zero-order valence-electron chi connectivity index (χ0n) is 23.7. The molecule has 0 N–H and O–H groups in total. The summed E-state index contributed by atoms with van der Waals surface area (Å²) in [5.41, 5.74) is -0.427. The van der Waals surface area contributed by atoms with Gasteiger partial charge in [0.1, 0.15) is 0 Å². The summed E-state index contributed by atoms with van der Waals surface area (Å²) in [4.78, 5) is 13.5. The lowest BCUT2D eigenvalue weighted by Gasteiger charge is -2.35. The van der Waals surface area contributed by atoms with Crippen molar-refractivity contribution in [2.75, 3.05) is 13.7 Å². The van der Waals surface area contributed by atoms with Gasteiger partial charge in [-0.3, -0.25) is 0 Å². The minimum Gasteiger partial charge on any atom is -0.447 e. The number of esters is 1. The second kappa shape index (κ2) is 13.4. The van der Waals surface area contributed by atoms with E-state index in [0.717, 1.165) is 42.0 Å². The van der Waals surface area contributed by atoms with Gasteiger partial charge in [-0.2, -0.15) is 0 Å². The monoisotopic (exact) mass is 510 g/mol. The number of hydrogen-bond donors (Lipinski definition) is 0. The fourth-order valence-electron chi connectivity index (χ4n) is 3.86. The molecule has 0 radical (unpaired) electrons. The molecule has 0 aliphatic rings. The molecule has 0 heterocycles. The lowest BCUT2D eigenvalue weighted by Crippen LogP contribution is -2.40. The highest BCUT2D eigenvalue weighted by molar-refractivity contribution is 6.74. The minimum absolute atomic E-state index is 0.171. The van der Waals surface area contributed by atoms with E-state index in [1.165, 1.54) is 6.42 Å². The maximum atomic E-state index is 13.5. The van der Waals surface area contributed by atoms with Crippen molar-refractivity contribution in [3.63, 3.8) is 0 Å². The van der Waals surface area contributed by atoms with Gasteiger partial charge in [-0.25, -0.2) is 4.79 Å². The second-order valence-corrected chi connectivity index (χ2v) is 16.0. The van der Waals surface area contributed by atoms with Gasteiger partial charge in [0.25, 0.3) is 0 Å². The normalized spacial score (nSPS) is 14.6. The van der Waals surface area contributed by atoms with Crippen molar-refractivity contribution in [1.29, 1.82) is 0 Å². The summed E-state index contributed by atoms with van der Waals surface area (Å²) in [6.45, 7) is 15.8. The molecule has 0 bridgehead atoms. The molecular formula is C31H46O4Si. The molecule has 0 aromatic heterocycles. The van der Waals surface area contributed by atoms with Crippen LogP contribution in [0.4, 0.5) is 0 Å². The highest BCUT2D eigenvalue weighted by Gasteiger charge is 2.39. The van der Waals surface area contributed by atoms with Gasteiger partial charge in [-0.05, 0) is 48.7 Å². The Bertz CT molecular complexity index is 1040. The summed E-state index contributed by atoms with van der Waals surface area (Å²) in [6.07, 6.45) is 5.28. The number of ether oxygens (including phenoxy) is 2. The number of benzene rings is 2. The van der Waals surface area contributed by atoms with Gasteiger partial charge >= 0.3 is 5.97 Å². The van der Waals surface area contributed by atoms with Crippen molar-refractivity contribution in [3.05, 3.63) is 48.0 Å². The highest BCUT2D eigenvalue weighted by Crippen LogP contribution is 2.36. The molecule has 0 saturated heterocycles. The lowest BCUT2D eigenvalue weighted by atomic mass is 9.90. The van der Waals surface area contributed by atoms with Crippen molar-refractivity contribution in [2.45, 2.75) is 103 Å². The first-order valence-corrected chi connectivity index (χ1v) is 16.2. The molecule has 2 aromatic carbocycles. The molecule has 2 aromatic rings. The van der Waals surface area contributed by atoms with Crippen LogP contribution in [0.3, 0.4) is 0 Å². The Labute approximate surface area is 220 Å². The molecule has 0 aliphatic carbocycles. The van der Waals surface area contributed by atoms with Gasteiger partial charge in [0, 0.05) is 25.7 Å². The Kier molecular flexibility index (Phi) is 11.2. The van der Waals surface area contributed by atoms with Crippen LogP contribution in [0.2, 0.25) is 18.1 Å². The predicted molar refractivity (Wildman–Crippen MR) is 152 cm³/mol. The van der Waals surface area contributed by atoms with E-state index in [4.69, 9.17) is 13.9 Å². The topological polar surface area (TPSA) is 44.8 Å². The van der Waals surface area contributed by atoms with E-state index in [-0.39, 0.29) is 5.04 Å². The van der Waals surface area contributed by atoms with Crippen LogP contribution in [-0.2, 0) is 24.3 Å². The van der Waals surface area contributed by atoms with Crippen LogP contribution in [0.1, 0.15) is 78.7 Å². The molecule has 4 nitrogen and oxygen atoms in total. The third kappa shape index (κ3) is 7.93. The van der Waals surface area contributed by atoms with Crippen LogP contribution in [0.5, 0.6) is 0 Å². The molecule has 2 atom stereocenters. The first kappa shape index (κ1) is 30.1. The third-order valence-corrected chi connectivity index (χ3v) is 12.0. The molecule has 0 saturated carbocycles. The van der Waals surface area contributed by atoms with Crippen LogP contribution < -0.4 is 0 Å². The summed E-state index contributed by atoms with van der Waals surface area (Å²) in [7, 11) is -0.239. The zero-order valence-corrected chi connectivity index (χ0v) is 24.7. The van der Waals surface area contributed by atoms with E-state index in [1.807, 2.05) is 42.5 Å². The van der Waals surface area contributed by atoms with Crippen LogP contribution in [0, 0.1) is 11.8 Å². The fraction of sp³-hybridized carbons (Fsp3) is 0.581. The molecule has 36 heavy (non-hydrogen) atoms. The number of hydrogen-bond acceptors (Lipinski definition) is 4. The third-order valence-electron chi connectivity index (χ3n) is 7.43. The van der Waals surface area contributed by atoms with Gasteiger partial charge in [0.15, 0.2) is 20.0 Å². The maximum Gasteiger partial charge on any atom is 0.344 e. The molecule has 2 rings (SSSR count). The second-order valence-electron chi connectivity index (χ2n) is 11.2. The zero-order chi connectivity index (χ0) is 26.8. The largest absolute Gasteiger partial charge is 0.447 e. The molecule has 0 aliphatic heterocycles. The Morgan fingerprint density at radius 1 is 1.00 bits per heavy atom. The van der Waals surface area contributed by atoms with Gasteiger partial charge in [0.05, 0.1) is 0 Å². The summed E-state index contributed by atoms with van der Waals surface area (Å²) >= 11 is 0. The number of rotatable bonds is 12. The van der Waals surface area contributed by atoms with Crippen LogP contribution in [-0.4, -0.2) is 34.1 Å². The lowest BCUT2D eigenvalue weighted by molar-refractivity contribution is -0.171. The number of methoxy groups -OCH3 is 1. The van der Waals surface area contributed by atoms with E-state index in [9.17, 15) is 4.79 Å². The average molecular weight is 511 g/mol. The maximum absolute atomic E-state index is 13.5. The van der Waals surface area contributed by atoms with Gasteiger partial charge < -0.3 is 13.9 Å². The van der Waals surface area contributed by atoms with E-state index in [2.05, 4.69) is 52.6 Å².